The van der Waals surface area contributed by atoms with Crippen molar-refractivity contribution in [1.82, 2.24) is 15.6 Å². The number of aryl methyl sites for hydroxylation is 1. The summed E-state index contributed by atoms with van der Waals surface area (Å²) in [5.41, 5.74) is 1.60. The van der Waals surface area contributed by atoms with Gasteiger partial charge in [-0.15, -0.1) is 0 Å². The first-order valence-electron chi connectivity index (χ1n) is 8.08. The average Bonchev–Trinajstić information content (AvgIpc) is 2.59. The fourth-order valence-corrected chi connectivity index (χ4v) is 2.98. The van der Waals surface area contributed by atoms with Gasteiger partial charge in [-0.1, -0.05) is 6.92 Å². The molecule has 1 aliphatic rings. The zero-order chi connectivity index (χ0) is 15.9. The third kappa shape index (κ3) is 4.29. The quantitative estimate of drug-likeness (QED) is 0.873. The zero-order valence-corrected chi connectivity index (χ0v) is 13.4. The van der Waals surface area contributed by atoms with Crippen molar-refractivity contribution in [3.05, 3.63) is 29.6 Å². The fourth-order valence-electron chi connectivity index (χ4n) is 2.98. The van der Waals surface area contributed by atoms with Gasteiger partial charge in [-0.3, -0.25) is 14.6 Å². The van der Waals surface area contributed by atoms with Gasteiger partial charge in [0.1, 0.15) is 0 Å². The number of nitrogens with one attached hydrogen (secondary N) is 2. The first-order chi connectivity index (χ1) is 10.6. The van der Waals surface area contributed by atoms with Crippen LogP contribution in [0.1, 0.15) is 48.7 Å². The molecule has 0 saturated heterocycles. The summed E-state index contributed by atoms with van der Waals surface area (Å²) in [6.45, 7) is 2.71. The molecule has 2 N–H and O–H groups in total. The molecule has 5 nitrogen and oxygen atoms in total. The predicted octanol–water partition coefficient (Wildman–Crippen LogP) is 1.93. The Kier molecular flexibility index (Phi) is 5.92. The Labute approximate surface area is 131 Å². The number of amides is 2. The Morgan fingerprint density at radius 1 is 1.27 bits per heavy atom. The first-order valence-corrected chi connectivity index (χ1v) is 8.08. The van der Waals surface area contributed by atoms with Gasteiger partial charge < -0.3 is 10.6 Å². The van der Waals surface area contributed by atoms with E-state index in [0.29, 0.717) is 18.0 Å². The second-order valence-electron chi connectivity index (χ2n) is 5.93. The van der Waals surface area contributed by atoms with Gasteiger partial charge in [0.05, 0.1) is 0 Å². The molecular weight excluding hydrogens is 278 g/mol. The van der Waals surface area contributed by atoms with Gasteiger partial charge in [0.15, 0.2) is 0 Å². The van der Waals surface area contributed by atoms with Crippen LogP contribution in [0, 0.1) is 11.8 Å². The van der Waals surface area contributed by atoms with Crippen LogP contribution in [0.2, 0.25) is 0 Å². The van der Waals surface area contributed by atoms with Crippen molar-refractivity contribution in [2.45, 2.75) is 39.0 Å². The standard InChI is InChI=1S/C17H25N3O2/c1-3-15-10-14(8-9-19-15)17(22)20-11-12-4-6-13(7-5-12)16(21)18-2/h8-10,12-13H,3-7,11H2,1-2H3,(H,18,21)(H,20,22). The minimum absolute atomic E-state index is 0.0366. The van der Waals surface area contributed by atoms with Crippen LogP contribution in [0.3, 0.4) is 0 Å². The molecule has 120 valence electrons. The number of carbonyl (C=O) groups excluding carboxylic acids is 2. The molecule has 0 aromatic carbocycles. The topological polar surface area (TPSA) is 71.1 Å². The largest absolute Gasteiger partial charge is 0.359 e. The Morgan fingerprint density at radius 2 is 2.00 bits per heavy atom. The number of rotatable bonds is 5. The second kappa shape index (κ2) is 7.92. The predicted molar refractivity (Wildman–Crippen MR) is 85.5 cm³/mol. The van der Waals surface area contributed by atoms with Gasteiger partial charge >= 0.3 is 0 Å². The Hall–Kier alpha value is -1.91. The summed E-state index contributed by atoms with van der Waals surface area (Å²) in [4.78, 5) is 28.0. The van der Waals surface area contributed by atoms with Crippen LogP contribution < -0.4 is 10.6 Å². The monoisotopic (exact) mass is 303 g/mol. The maximum Gasteiger partial charge on any atom is 0.251 e. The number of hydrogen-bond donors (Lipinski definition) is 2. The van der Waals surface area contributed by atoms with Gasteiger partial charge in [0.25, 0.3) is 5.91 Å². The Bertz CT molecular complexity index is 522. The van der Waals surface area contributed by atoms with E-state index in [9.17, 15) is 9.59 Å². The second-order valence-corrected chi connectivity index (χ2v) is 5.93. The van der Waals surface area contributed by atoms with E-state index in [0.717, 1.165) is 37.8 Å². The molecule has 2 rings (SSSR count). The van der Waals surface area contributed by atoms with Crippen LogP contribution in [-0.4, -0.2) is 30.4 Å². The SMILES string of the molecule is CCc1cc(C(=O)NCC2CCC(C(=O)NC)CC2)ccn1. The first kappa shape index (κ1) is 16.5. The molecule has 5 heteroatoms. The third-order valence-electron chi connectivity index (χ3n) is 4.46. The van der Waals surface area contributed by atoms with Crippen molar-refractivity contribution in [1.29, 1.82) is 0 Å². The van der Waals surface area contributed by atoms with Crippen molar-refractivity contribution in [2.75, 3.05) is 13.6 Å². The highest BCUT2D eigenvalue weighted by molar-refractivity contribution is 5.94. The molecule has 1 aliphatic carbocycles. The van der Waals surface area contributed by atoms with Crippen molar-refractivity contribution in [2.24, 2.45) is 11.8 Å². The molecule has 1 aromatic rings. The van der Waals surface area contributed by atoms with E-state index in [4.69, 9.17) is 0 Å². The summed E-state index contributed by atoms with van der Waals surface area (Å²) in [6.07, 6.45) is 6.32. The lowest BCUT2D eigenvalue weighted by atomic mass is 9.81. The summed E-state index contributed by atoms with van der Waals surface area (Å²) < 4.78 is 0. The highest BCUT2D eigenvalue weighted by Crippen LogP contribution is 2.28. The molecular formula is C17H25N3O2. The van der Waals surface area contributed by atoms with E-state index >= 15 is 0 Å². The van der Waals surface area contributed by atoms with Gasteiger partial charge in [-0.25, -0.2) is 0 Å². The fraction of sp³-hybridized carbons (Fsp3) is 0.588. The van der Waals surface area contributed by atoms with Crippen LogP contribution in [0.25, 0.3) is 0 Å². The van der Waals surface area contributed by atoms with Crippen LogP contribution in [-0.2, 0) is 11.2 Å². The molecule has 0 atom stereocenters. The molecule has 0 radical (unpaired) electrons. The minimum atomic E-state index is -0.0366. The molecule has 0 bridgehead atoms. The summed E-state index contributed by atoms with van der Waals surface area (Å²) in [5, 5.41) is 5.73. The highest BCUT2D eigenvalue weighted by Gasteiger charge is 2.25. The zero-order valence-electron chi connectivity index (χ0n) is 13.4. The van der Waals surface area contributed by atoms with Crippen LogP contribution >= 0.6 is 0 Å². The highest BCUT2D eigenvalue weighted by atomic mass is 16.2. The minimum Gasteiger partial charge on any atom is -0.359 e. The molecule has 1 fully saturated rings. The summed E-state index contributed by atoms with van der Waals surface area (Å²) in [5.74, 6) is 0.721. The van der Waals surface area contributed by atoms with Crippen LogP contribution in [0.5, 0.6) is 0 Å². The smallest absolute Gasteiger partial charge is 0.251 e. The van der Waals surface area contributed by atoms with E-state index in [1.165, 1.54) is 0 Å². The van der Waals surface area contributed by atoms with Crippen molar-refractivity contribution in [3.8, 4) is 0 Å². The molecule has 0 unspecified atom stereocenters. The van der Waals surface area contributed by atoms with Crippen LogP contribution in [0.15, 0.2) is 18.3 Å². The molecule has 22 heavy (non-hydrogen) atoms. The molecule has 2 amide bonds. The lowest BCUT2D eigenvalue weighted by Crippen LogP contribution is -2.35. The Morgan fingerprint density at radius 3 is 2.64 bits per heavy atom. The van der Waals surface area contributed by atoms with Gasteiger partial charge in [-0.2, -0.15) is 0 Å². The van der Waals surface area contributed by atoms with Gasteiger partial charge in [0.2, 0.25) is 5.91 Å². The molecule has 1 saturated carbocycles. The molecule has 0 spiro atoms. The number of carbonyl (C=O) groups is 2. The van der Waals surface area contributed by atoms with E-state index in [2.05, 4.69) is 15.6 Å². The van der Waals surface area contributed by atoms with Crippen molar-refractivity contribution >= 4 is 11.8 Å². The lowest BCUT2D eigenvalue weighted by Gasteiger charge is -2.27. The summed E-state index contributed by atoms with van der Waals surface area (Å²) in [7, 11) is 1.69. The molecule has 0 aliphatic heterocycles. The van der Waals surface area contributed by atoms with Gasteiger partial charge in [0, 0.05) is 37.0 Å². The number of aromatic nitrogens is 1. The number of nitrogens with zero attached hydrogens (tertiary/aromatic N) is 1. The van der Waals surface area contributed by atoms with Gasteiger partial charge in [-0.05, 0) is 50.2 Å². The Balaban J connectivity index is 1.79. The summed E-state index contributed by atoms with van der Waals surface area (Å²) in [6, 6.07) is 3.59. The maximum atomic E-state index is 12.2. The van der Waals surface area contributed by atoms with E-state index in [1.807, 2.05) is 13.0 Å². The van der Waals surface area contributed by atoms with Crippen molar-refractivity contribution < 1.29 is 9.59 Å². The van der Waals surface area contributed by atoms with Crippen LogP contribution in [0.4, 0.5) is 0 Å². The average molecular weight is 303 g/mol. The van der Waals surface area contributed by atoms with Crippen molar-refractivity contribution in [3.63, 3.8) is 0 Å². The third-order valence-corrected chi connectivity index (χ3v) is 4.46. The number of pyridine rings is 1. The lowest BCUT2D eigenvalue weighted by molar-refractivity contribution is -0.125. The summed E-state index contributed by atoms with van der Waals surface area (Å²) >= 11 is 0. The van der Waals surface area contributed by atoms with E-state index in [1.54, 1.807) is 19.3 Å². The molecule has 1 aromatic heterocycles. The number of hydrogen-bond acceptors (Lipinski definition) is 3. The van der Waals surface area contributed by atoms with E-state index in [-0.39, 0.29) is 17.7 Å². The normalized spacial score (nSPS) is 21.2. The van der Waals surface area contributed by atoms with E-state index < -0.39 is 0 Å². The maximum absolute atomic E-state index is 12.2. The molecule has 1 heterocycles.